The summed E-state index contributed by atoms with van der Waals surface area (Å²) in [5, 5.41) is 0.836. The molecule has 0 bridgehead atoms. The van der Waals surface area contributed by atoms with E-state index < -0.39 is 12.6 Å². The van der Waals surface area contributed by atoms with Crippen molar-refractivity contribution >= 4 is 18.4 Å². The zero-order chi connectivity index (χ0) is 15.2. The van der Waals surface area contributed by atoms with Crippen LogP contribution in [0, 0.1) is 5.41 Å². The van der Waals surface area contributed by atoms with E-state index in [1.54, 1.807) is 12.5 Å². The van der Waals surface area contributed by atoms with Crippen LogP contribution in [0.3, 0.4) is 0 Å². The first-order chi connectivity index (χ1) is 9.23. The van der Waals surface area contributed by atoms with Crippen molar-refractivity contribution in [2.24, 2.45) is 5.41 Å². The predicted octanol–water partition coefficient (Wildman–Crippen LogP) is 3.80. The number of ether oxygens (including phenoxy) is 1. The van der Waals surface area contributed by atoms with Gasteiger partial charge in [0.15, 0.2) is 0 Å². The molecule has 0 aliphatic carbocycles. The normalized spacial score (nSPS) is 15.0. The lowest BCUT2D eigenvalue weighted by Crippen LogP contribution is -2.23. The number of rotatable bonds is 5. The van der Waals surface area contributed by atoms with Crippen molar-refractivity contribution in [1.82, 2.24) is 0 Å². The molecule has 0 fully saturated rings. The van der Waals surface area contributed by atoms with Gasteiger partial charge in [-0.3, -0.25) is 4.79 Å². The molecule has 1 atom stereocenters. The molecule has 1 aromatic carbocycles. The Bertz CT molecular complexity index is 512. The summed E-state index contributed by atoms with van der Waals surface area (Å²) in [5.74, 6) is 1.52. The average Bonchev–Trinajstić information content (AvgIpc) is 2.38. The van der Waals surface area contributed by atoms with Gasteiger partial charge in [-0.15, -0.1) is 0 Å². The highest BCUT2D eigenvalue weighted by Gasteiger charge is 2.22. The van der Waals surface area contributed by atoms with Gasteiger partial charge in [0.2, 0.25) is 0 Å². The minimum atomic E-state index is -2.46. The first-order valence-electron chi connectivity index (χ1n) is 6.71. The van der Waals surface area contributed by atoms with E-state index in [9.17, 15) is 9.36 Å². The van der Waals surface area contributed by atoms with Gasteiger partial charge in [0.1, 0.15) is 7.14 Å². The molecule has 0 N–H and O–H groups in total. The van der Waals surface area contributed by atoms with E-state index in [1.165, 1.54) is 0 Å². The standard InChI is InChI=1S/C16H23O3P/c1-16(2,3)15(17)19-12-8-9-13-20(4,18)14-10-6-5-7-11-14/h5-7,9-11,13H,8,12H2,1-4H3/b13-9+. The molecule has 20 heavy (non-hydrogen) atoms. The monoisotopic (exact) mass is 294 g/mol. The van der Waals surface area contributed by atoms with Gasteiger partial charge in [-0.25, -0.2) is 0 Å². The fourth-order valence-electron chi connectivity index (χ4n) is 1.52. The van der Waals surface area contributed by atoms with Crippen LogP contribution >= 0.6 is 7.14 Å². The fraction of sp³-hybridized carbons (Fsp3) is 0.438. The summed E-state index contributed by atoms with van der Waals surface area (Å²) in [7, 11) is -2.46. The summed E-state index contributed by atoms with van der Waals surface area (Å²) >= 11 is 0. The molecule has 0 aliphatic heterocycles. The Balaban J connectivity index is 2.46. The third-order valence-corrected chi connectivity index (χ3v) is 4.89. The van der Waals surface area contributed by atoms with E-state index in [1.807, 2.05) is 57.2 Å². The minimum absolute atomic E-state index is 0.214. The Labute approximate surface area is 121 Å². The smallest absolute Gasteiger partial charge is 0.311 e. The Kier molecular flexibility index (Phi) is 5.76. The van der Waals surface area contributed by atoms with Crippen LogP contribution in [0.15, 0.2) is 42.2 Å². The van der Waals surface area contributed by atoms with E-state index in [2.05, 4.69) is 0 Å². The van der Waals surface area contributed by atoms with Gasteiger partial charge in [-0.2, -0.15) is 0 Å². The molecule has 0 amide bonds. The predicted molar refractivity (Wildman–Crippen MR) is 83.8 cm³/mol. The van der Waals surface area contributed by atoms with Gasteiger partial charge >= 0.3 is 5.97 Å². The second kappa shape index (κ2) is 6.90. The van der Waals surface area contributed by atoms with Crippen molar-refractivity contribution in [2.75, 3.05) is 13.3 Å². The zero-order valence-electron chi connectivity index (χ0n) is 12.6. The molecule has 0 heterocycles. The fourth-order valence-corrected chi connectivity index (χ4v) is 3.01. The highest BCUT2D eigenvalue weighted by Crippen LogP contribution is 2.41. The van der Waals surface area contributed by atoms with Crippen molar-refractivity contribution in [3.05, 3.63) is 42.2 Å². The zero-order valence-corrected chi connectivity index (χ0v) is 13.5. The van der Waals surface area contributed by atoms with Crippen LogP contribution in [0.2, 0.25) is 0 Å². The third kappa shape index (κ3) is 5.34. The van der Waals surface area contributed by atoms with Crippen LogP contribution in [0.5, 0.6) is 0 Å². The number of esters is 1. The SMILES string of the molecule is CC(C)(C)C(=O)OCC/C=C/P(C)(=O)c1ccccc1. The van der Waals surface area contributed by atoms with E-state index >= 15 is 0 Å². The van der Waals surface area contributed by atoms with E-state index in [0.717, 1.165) is 5.30 Å². The Hall–Kier alpha value is -1.34. The lowest BCUT2D eigenvalue weighted by molar-refractivity contribution is -0.152. The summed E-state index contributed by atoms with van der Waals surface area (Å²) in [6.07, 6.45) is 2.40. The average molecular weight is 294 g/mol. The molecular weight excluding hydrogens is 271 g/mol. The van der Waals surface area contributed by atoms with Gasteiger partial charge < -0.3 is 9.30 Å². The lowest BCUT2D eigenvalue weighted by atomic mass is 9.97. The summed E-state index contributed by atoms with van der Waals surface area (Å²) in [4.78, 5) is 11.5. The number of carbonyl (C=O) groups excluding carboxylic acids is 1. The van der Waals surface area contributed by atoms with Crippen LogP contribution in [0.4, 0.5) is 0 Å². The van der Waals surface area contributed by atoms with E-state index in [4.69, 9.17) is 4.74 Å². The van der Waals surface area contributed by atoms with Crippen molar-refractivity contribution in [1.29, 1.82) is 0 Å². The maximum absolute atomic E-state index is 12.5. The van der Waals surface area contributed by atoms with Crippen LogP contribution < -0.4 is 5.30 Å². The van der Waals surface area contributed by atoms with Crippen molar-refractivity contribution in [3.8, 4) is 0 Å². The number of hydrogen-bond acceptors (Lipinski definition) is 3. The topological polar surface area (TPSA) is 43.4 Å². The molecule has 1 unspecified atom stereocenters. The molecule has 0 radical (unpaired) electrons. The highest BCUT2D eigenvalue weighted by atomic mass is 31.2. The Morgan fingerprint density at radius 3 is 2.40 bits per heavy atom. The Morgan fingerprint density at radius 1 is 1.25 bits per heavy atom. The van der Waals surface area contributed by atoms with Crippen LogP contribution in [-0.2, 0) is 14.1 Å². The van der Waals surface area contributed by atoms with Gasteiger partial charge in [-0.05, 0) is 39.7 Å². The summed E-state index contributed by atoms with van der Waals surface area (Å²) in [6.45, 7) is 7.52. The maximum Gasteiger partial charge on any atom is 0.311 e. The minimum Gasteiger partial charge on any atom is -0.465 e. The van der Waals surface area contributed by atoms with E-state index in [0.29, 0.717) is 13.0 Å². The largest absolute Gasteiger partial charge is 0.465 e. The first kappa shape index (κ1) is 16.7. The molecule has 110 valence electrons. The van der Waals surface area contributed by atoms with Crippen LogP contribution in [0.1, 0.15) is 27.2 Å². The van der Waals surface area contributed by atoms with Gasteiger partial charge in [0, 0.05) is 5.30 Å². The van der Waals surface area contributed by atoms with Crippen molar-refractivity contribution in [2.45, 2.75) is 27.2 Å². The number of benzene rings is 1. The molecule has 1 rings (SSSR count). The molecule has 3 nitrogen and oxygen atoms in total. The van der Waals surface area contributed by atoms with Crippen molar-refractivity contribution in [3.63, 3.8) is 0 Å². The molecule has 0 aliphatic rings. The molecule has 0 aromatic heterocycles. The quantitative estimate of drug-likeness (QED) is 0.471. The van der Waals surface area contributed by atoms with Crippen molar-refractivity contribution < 1.29 is 14.1 Å². The van der Waals surface area contributed by atoms with E-state index in [-0.39, 0.29) is 5.97 Å². The molecular formula is C16H23O3P. The first-order valence-corrected chi connectivity index (χ1v) is 8.93. The summed E-state index contributed by atoms with van der Waals surface area (Å²) in [5.41, 5.74) is -0.478. The number of carbonyl (C=O) groups is 1. The molecule has 1 aromatic rings. The maximum atomic E-state index is 12.5. The molecule has 0 saturated carbocycles. The summed E-state index contributed by atoms with van der Waals surface area (Å²) in [6, 6.07) is 9.39. The van der Waals surface area contributed by atoms with Gasteiger partial charge in [0.05, 0.1) is 12.0 Å². The number of hydrogen-bond donors (Lipinski definition) is 0. The lowest BCUT2D eigenvalue weighted by Gasteiger charge is -2.16. The van der Waals surface area contributed by atoms with Crippen LogP contribution in [0.25, 0.3) is 0 Å². The van der Waals surface area contributed by atoms with Gasteiger partial charge in [-0.1, -0.05) is 36.4 Å². The molecule has 4 heteroatoms. The van der Waals surface area contributed by atoms with Gasteiger partial charge in [0.25, 0.3) is 0 Å². The third-order valence-electron chi connectivity index (χ3n) is 2.79. The van der Waals surface area contributed by atoms with Crippen LogP contribution in [-0.4, -0.2) is 19.2 Å². The molecule has 0 spiro atoms. The molecule has 0 saturated heterocycles. The summed E-state index contributed by atoms with van der Waals surface area (Å²) < 4.78 is 17.6. The highest BCUT2D eigenvalue weighted by molar-refractivity contribution is 7.73. The Morgan fingerprint density at radius 2 is 1.85 bits per heavy atom. The second-order valence-corrected chi connectivity index (χ2v) is 8.68. The second-order valence-electron chi connectivity index (χ2n) is 5.89.